The standard InChI is InChI=1S/C16H12O2/c1-2-11-7-9-12(10-8-11)15-13-5-3-4-6-14(13)16(17)18-15/h2-10,15H,1H2. The van der Waals surface area contributed by atoms with Gasteiger partial charge in [-0.2, -0.15) is 0 Å². The van der Waals surface area contributed by atoms with Gasteiger partial charge in [-0.05, 0) is 17.2 Å². The Morgan fingerprint density at radius 1 is 1.06 bits per heavy atom. The molecular formula is C16H12O2. The summed E-state index contributed by atoms with van der Waals surface area (Å²) in [6, 6.07) is 15.4. The molecule has 0 radical (unpaired) electrons. The molecule has 0 saturated heterocycles. The average molecular weight is 236 g/mol. The highest BCUT2D eigenvalue weighted by atomic mass is 16.5. The minimum atomic E-state index is -0.285. The first-order valence-corrected chi connectivity index (χ1v) is 5.82. The third-order valence-corrected chi connectivity index (χ3v) is 3.16. The number of carbonyl (C=O) groups is 1. The fourth-order valence-corrected chi connectivity index (χ4v) is 2.20. The van der Waals surface area contributed by atoms with Crippen molar-refractivity contribution in [3.8, 4) is 0 Å². The van der Waals surface area contributed by atoms with Crippen molar-refractivity contribution < 1.29 is 9.53 Å². The number of fused-ring (bicyclic) bond motifs is 1. The van der Waals surface area contributed by atoms with E-state index in [0.29, 0.717) is 5.56 Å². The van der Waals surface area contributed by atoms with Gasteiger partial charge >= 0.3 is 5.97 Å². The van der Waals surface area contributed by atoms with Crippen LogP contribution in [0.5, 0.6) is 0 Å². The largest absolute Gasteiger partial charge is 0.449 e. The van der Waals surface area contributed by atoms with Crippen LogP contribution >= 0.6 is 0 Å². The van der Waals surface area contributed by atoms with Gasteiger partial charge in [-0.3, -0.25) is 0 Å². The number of cyclic esters (lactones) is 1. The van der Waals surface area contributed by atoms with Crippen molar-refractivity contribution in [2.24, 2.45) is 0 Å². The van der Waals surface area contributed by atoms with Crippen LogP contribution in [-0.4, -0.2) is 5.97 Å². The molecule has 1 unspecified atom stereocenters. The summed E-state index contributed by atoms with van der Waals surface area (Å²) >= 11 is 0. The van der Waals surface area contributed by atoms with E-state index in [1.54, 1.807) is 12.1 Å². The van der Waals surface area contributed by atoms with Gasteiger partial charge in [-0.1, -0.05) is 55.1 Å². The van der Waals surface area contributed by atoms with Crippen LogP contribution in [0.1, 0.15) is 33.2 Å². The lowest BCUT2D eigenvalue weighted by Gasteiger charge is -2.11. The molecule has 2 heteroatoms. The topological polar surface area (TPSA) is 26.3 Å². The maximum absolute atomic E-state index is 11.7. The third kappa shape index (κ3) is 1.63. The molecule has 2 aromatic carbocycles. The van der Waals surface area contributed by atoms with Crippen molar-refractivity contribution in [2.45, 2.75) is 6.10 Å². The molecule has 2 nitrogen and oxygen atoms in total. The van der Waals surface area contributed by atoms with E-state index in [2.05, 4.69) is 6.58 Å². The van der Waals surface area contributed by atoms with E-state index in [4.69, 9.17) is 4.74 Å². The number of rotatable bonds is 2. The first-order chi connectivity index (χ1) is 8.79. The Morgan fingerprint density at radius 2 is 1.78 bits per heavy atom. The molecule has 1 heterocycles. The molecule has 1 aliphatic rings. The fourth-order valence-electron chi connectivity index (χ4n) is 2.20. The number of hydrogen-bond donors (Lipinski definition) is 0. The van der Waals surface area contributed by atoms with E-state index < -0.39 is 0 Å². The zero-order chi connectivity index (χ0) is 12.5. The number of ether oxygens (including phenoxy) is 1. The Bertz CT molecular complexity index is 611. The lowest BCUT2D eigenvalue weighted by molar-refractivity contribution is 0.0456. The van der Waals surface area contributed by atoms with E-state index in [9.17, 15) is 4.79 Å². The van der Waals surface area contributed by atoms with Crippen LogP contribution in [0.3, 0.4) is 0 Å². The first-order valence-electron chi connectivity index (χ1n) is 5.82. The Morgan fingerprint density at radius 3 is 2.50 bits per heavy atom. The molecule has 1 atom stereocenters. The zero-order valence-corrected chi connectivity index (χ0v) is 9.80. The quantitative estimate of drug-likeness (QED) is 0.745. The summed E-state index contributed by atoms with van der Waals surface area (Å²) < 4.78 is 5.43. The molecule has 0 aromatic heterocycles. The van der Waals surface area contributed by atoms with Crippen LogP contribution in [0.15, 0.2) is 55.1 Å². The van der Waals surface area contributed by atoms with Crippen molar-refractivity contribution in [2.75, 3.05) is 0 Å². The monoisotopic (exact) mass is 236 g/mol. The molecule has 3 rings (SSSR count). The Labute approximate surface area is 106 Å². The van der Waals surface area contributed by atoms with Gasteiger partial charge < -0.3 is 4.74 Å². The number of hydrogen-bond acceptors (Lipinski definition) is 2. The molecule has 88 valence electrons. The number of esters is 1. The van der Waals surface area contributed by atoms with Crippen LogP contribution in [0.4, 0.5) is 0 Å². The van der Waals surface area contributed by atoms with Gasteiger partial charge in [0.05, 0.1) is 5.56 Å². The Balaban J connectivity index is 2.03. The Hall–Kier alpha value is -2.35. The van der Waals surface area contributed by atoms with E-state index in [0.717, 1.165) is 16.7 Å². The second kappa shape index (κ2) is 4.15. The maximum Gasteiger partial charge on any atom is 0.339 e. The van der Waals surface area contributed by atoms with Crippen LogP contribution in [-0.2, 0) is 4.74 Å². The number of carbonyl (C=O) groups excluding carboxylic acids is 1. The zero-order valence-electron chi connectivity index (χ0n) is 9.80. The third-order valence-electron chi connectivity index (χ3n) is 3.16. The summed E-state index contributed by atoms with van der Waals surface area (Å²) in [5.41, 5.74) is 3.64. The minimum Gasteiger partial charge on any atom is -0.449 e. The highest BCUT2D eigenvalue weighted by molar-refractivity contribution is 5.94. The average Bonchev–Trinajstić information content (AvgIpc) is 2.77. The van der Waals surface area contributed by atoms with Crippen molar-refractivity contribution >= 4 is 12.0 Å². The molecule has 0 N–H and O–H groups in total. The molecular weight excluding hydrogens is 224 g/mol. The van der Waals surface area contributed by atoms with Gasteiger partial charge in [0.25, 0.3) is 0 Å². The molecule has 0 fully saturated rings. The van der Waals surface area contributed by atoms with E-state index in [1.807, 2.05) is 42.5 Å². The summed E-state index contributed by atoms with van der Waals surface area (Å²) in [5, 5.41) is 0. The number of benzene rings is 2. The van der Waals surface area contributed by atoms with E-state index >= 15 is 0 Å². The molecule has 0 bridgehead atoms. The van der Waals surface area contributed by atoms with E-state index in [1.165, 1.54) is 0 Å². The van der Waals surface area contributed by atoms with Crippen molar-refractivity contribution in [3.05, 3.63) is 77.4 Å². The SMILES string of the molecule is C=Cc1ccc(C2OC(=O)c3ccccc32)cc1. The van der Waals surface area contributed by atoms with Gasteiger partial charge in [0.2, 0.25) is 0 Å². The molecule has 2 aromatic rings. The van der Waals surface area contributed by atoms with Gasteiger partial charge in [0, 0.05) is 5.56 Å². The smallest absolute Gasteiger partial charge is 0.339 e. The highest BCUT2D eigenvalue weighted by Crippen LogP contribution is 2.35. The highest BCUT2D eigenvalue weighted by Gasteiger charge is 2.31. The lowest BCUT2D eigenvalue weighted by Crippen LogP contribution is -2.00. The van der Waals surface area contributed by atoms with Gasteiger partial charge in [0.1, 0.15) is 0 Å². The van der Waals surface area contributed by atoms with Crippen LogP contribution in [0, 0.1) is 0 Å². The summed E-state index contributed by atoms with van der Waals surface area (Å²) in [5.74, 6) is -0.247. The van der Waals surface area contributed by atoms with Gasteiger partial charge in [-0.25, -0.2) is 4.79 Å². The van der Waals surface area contributed by atoms with Crippen LogP contribution < -0.4 is 0 Å². The molecule has 0 saturated carbocycles. The molecule has 0 spiro atoms. The second-order valence-corrected chi connectivity index (χ2v) is 4.24. The summed E-state index contributed by atoms with van der Waals surface area (Å²) in [6.07, 6.45) is 1.51. The normalized spacial score (nSPS) is 17.1. The molecule has 18 heavy (non-hydrogen) atoms. The maximum atomic E-state index is 11.7. The fraction of sp³-hybridized carbons (Fsp3) is 0.0625. The summed E-state index contributed by atoms with van der Waals surface area (Å²) in [7, 11) is 0. The summed E-state index contributed by atoms with van der Waals surface area (Å²) in [6.45, 7) is 3.72. The molecule has 0 amide bonds. The van der Waals surface area contributed by atoms with Crippen LogP contribution in [0.25, 0.3) is 6.08 Å². The van der Waals surface area contributed by atoms with Crippen molar-refractivity contribution in [3.63, 3.8) is 0 Å². The molecule has 0 aliphatic carbocycles. The van der Waals surface area contributed by atoms with Crippen molar-refractivity contribution in [1.82, 2.24) is 0 Å². The van der Waals surface area contributed by atoms with Crippen LogP contribution in [0.2, 0.25) is 0 Å². The van der Waals surface area contributed by atoms with Gasteiger partial charge in [0.15, 0.2) is 6.10 Å². The predicted molar refractivity (Wildman–Crippen MR) is 70.2 cm³/mol. The molecule has 1 aliphatic heterocycles. The summed E-state index contributed by atoms with van der Waals surface area (Å²) in [4.78, 5) is 11.7. The lowest BCUT2D eigenvalue weighted by atomic mass is 9.98. The first kappa shape index (κ1) is 10.8. The van der Waals surface area contributed by atoms with E-state index in [-0.39, 0.29) is 12.1 Å². The second-order valence-electron chi connectivity index (χ2n) is 4.24. The minimum absolute atomic E-state index is 0.247. The van der Waals surface area contributed by atoms with Crippen molar-refractivity contribution in [1.29, 1.82) is 0 Å². The predicted octanol–water partition coefficient (Wildman–Crippen LogP) is 3.59. The Kier molecular flexibility index (Phi) is 2.49. The van der Waals surface area contributed by atoms with Gasteiger partial charge in [-0.15, -0.1) is 0 Å².